The maximum Gasteiger partial charge on any atom is 0.323 e. The lowest BCUT2D eigenvalue weighted by Crippen LogP contribution is -2.33. The molecule has 1 rings (SSSR count). The maximum absolute atomic E-state index is 10.9. The molecule has 0 saturated carbocycles. The second-order valence-corrected chi connectivity index (χ2v) is 6.55. The second-order valence-electron chi connectivity index (χ2n) is 5.82. The number of carbonyl (C=O) groups is 1. The van der Waals surface area contributed by atoms with Gasteiger partial charge < -0.3 is 10.0 Å². The first-order valence-corrected chi connectivity index (χ1v) is 6.78. The van der Waals surface area contributed by atoms with Crippen LogP contribution in [0.15, 0.2) is 0 Å². The highest BCUT2D eigenvalue weighted by Gasteiger charge is 2.22. The first-order valence-electron chi connectivity index (χ1n) is 6.01. The molecule has 0 aliphatic carbocycles. The summed E-state index contributed by atoms with van der Waals surface area (Å²) in [4.78, 5) is 17.1. The van der Waals surface area contributed by atoms with Gasteiger partial charge in [-0.3, -0.25) is 4.79 Å². The minimum Gasteiger partial charge on any atom is -0.480 e. The van der Waals surface area contributed by atoms with Gasteiger partial charge >= 0.3 is 5.97 Å². The van der Waals surface area contributed by atoms with E-state index >= 15 is 0 Å². The van der Waals surface area contributed by atoms with E-state index in [-0.39, 0.29) is 12.0 Å². The minimum atomic E-state index is -0.844. The molecule has 0 aliphatic heterocycles. The fourth-order valence-electron chi connectivity index (χ4n) is 1.46. The van der Waals surface area contributed by atoms with Gasteiger partial charge in [-0.2, -0.15) is 4.37 Å². The van der Waals surface area contributed by atoms with Crippen molar-refractivity contribution in [3.8, 4) is 0 Å². The second kappa shape index (κ2) is 5.65. The number of anilines is 1. The van der Waals surface area contributed by atoms with Gasteiger partial charge in [0.1, 0.15) is 12.4 Å². The summed E-state index contributed by atoms with van der Waals surface area (Å²) in [5.41, 5.74) is -0.110. The molecule has 0 aromatic carbocycles. The van der Waals surface area contributed by atoms with Crippen LogP contribution in [0.2, 0.25) is 0 Å². The van der Waals surface area contributed by atoms with E-state index in [9.17, 15) is 4.79 Å². The number of rotatable bonds is 5. The van der Waals surface area contributed by atoms with E-state index < -0.39 is 5.97 Å². The zero-order valence-corrected chi connectivity index (χ0v) is 12.4. The van der Waals surface area contributed by atoms with Gasteiger partial charge in [-0.1, -0.05) is 34.6 Å². The smallest absolute Gasteiger partial charge is 0.323 e. The van der Waals surface area contributed by atoms with Crippen molar-refractivity contribution in [1.29, 1.82) is 0 Å². The van der Waals surface area contributed by atoms with E-state index in [2.05, 4.69) is 23.2 Å². The summed E-state index contributed by atoms with van der Waals surface area (Å²) in [5, 5.41) is 9.63. The Hall–Kier alpha value is -1.17. The number of carboxylic acids is 1. The zero-order valence-electron chi connectivity index (χ0n) is 11.6. The summed E-state index contributed by atoms with van der Waals surface area (Å²) in [6, 6.07) is 0. The molecule has 0 fully saturated rings. The Morgan fingerprint density at radius 2 is 2.06 bits per heavy atom. The molecule has 102 valence electrons. The monoisotopic (exact) mass is 271 g/mol. The fourth-order valence-corrected chi connectivity index (χ4v) is 2.33. The predicted octanol–water partition coefficient (Wildman–Crippen LogP) is 2.38. The van der Waals surface area contributed by atoms with Crippen LogP contribution in [0.5, 0.6) is 0 Å². The van der Waals surface area contributed by atoms with Gasteiger partial charge in [0.25, 0.3) is 0 Å². The first-order chi connectivity index (χ1) is 8.20. The summed E-state index contributed by atoms with van der Waals surface area (Å²) < 4.78 is 4.32. The van der Waals surface area contributed by atoms with Gasteiger partial charge in [0.2, 0.25) is 5.13 Å². The van der Waals surface area contributed by atoms with E-state index in [1.807, 2.05) is 20.8 Å². The quantitative estimate of drug-likeness (QED) is 0.890. The Labute approximate surface area is 112 Å². The van der Waals surface area contributed by atoms with Crippen LogP contribution in [0, 0.1) is 5.92 Å². The topological polar surface area (TPSA) is 66.3 Å². The van der Waals surface area contributed by atoms with E-state index in [0.717, 1.165) is 5.82 Å². The number of nitrogens with zero attached hydrogens (tertiary/aromatic N) is 3. The van der Waals surface area contributed by atoms with E-state index in [4.69, 9.17) is 5.11 Å². The lowest BCUT2D eigenvalue weighted by molar-refractivity contribution is -0.135. The normalized spacial score (nSPS) is 11.9. The molecule has 0 unspecified atom stereocenters. The van der Waals surface area contributed by atoms with Gasteiger partial charge in [-0.25, -0.2) is 4.98 Å². The van der Waals surface area contributed by atoms with Crippen LogP contribution in [0.1, 0.15) is 40.4 Å². The molecule has 0 atom stereocenters. The average molecular weight is 271 g/mol. The SMILES string of the molecule is CC(C)CN(CC(=O)O)c1nc(C(C)(C)C)ns1. The summed E-state index contributed by atoms with van der Waals surface area (Å²) in [6.45, 7) is 10.9. The largest absolute Gasteiger partial charge is 0.480 e. The molecule has 0 radical (unpaired) electrons. The summed E-state index contributed by atoms with van der Waals surface area (Å²) in [7, 11) is 0. The van der Waals surface area contributed by atoms with Crippen molar-refractivity contribution in [2.75, 3.05) is 18.0 Å². The van der Waals surface area contributed by atoms with Gasteiger partial charge in [0.05, 0.1) is 0 Å². The third kappa shape index (κ3) is 4.25. The molecule has 1 heterocycles. The standard InChI is InChI=1S/C12H21N3O2S/c1-8(2)6-15(7-9(16)17)11-13-10(14-18-11)12(3,4)5/h8H,6-7H2,1-5H3,(H,16,17). The molecule has 0 saturated heterocycles. The minimum absolute atomic E-state index is 0.0308. The zero-order chi connectivity index (χ0) is 13.9. The Morgan fingerprint density at radius 3 is 2.44 bits per heavy atom. The lowest BCUT2D eigenvalue weighted by atomic mass is 9.96. The molecule has 1 aromatic rings. The molecule has 0 aliphatic rings. The highest BCUT2D eigenvalue weighted by Crippen LogP contribution is 2.25. The Kier molecular flexibility index (Phi) is 4.67. The average Bonchev–Trinajstić information content (AvgIpc) is 2.62. The van der Waals surface area contributed by atoms with Crippen molar-refractivity contribution in [1.82, 2.24) is 9.36 Å². The van der Waals surface area contributed by atoms with Gasteiger partial charge in [-0.05, 0) is 5.92 Å². The number of aromatic nitrogens is 2. The number of hydrogen-bond acceptors (Lipinski definition) is 5. The number of aliphatic carboxylic acids is 1. The number of hydrogen-bond donors (Lipinski definition) is 1. The van der Waals surface area contributed by atoms with Crippen LogP contribution in [0.4, 0.5) is 5.13 Å². The summed E-state index contributed by atoms with van der Waals surface area (Å²) in [5.74, 6) is 0.302. The molecule has 0 spiro atoms. The van der Waals surface area contributed by atoms with Crippen molar-refractivity contribution in [3.63, 3.8) is 0 Å². The fraction of sp³-hybridized carbons (Fsp3) is 0.750. The highest BCUT2D eigenvalue weighted by atomic mass is 32.1. The Balaban J connectivity index is 2.91. The number of carboxylic acid groups (broad SMARTS) is 1. The van der Waals surface area contributed by atoms with Gasteiger partial charge in [0.15, 0.2) is 0 Å². The Bertz CT molecular complexity index is 410. The van der Waals surface area contributed by atoms with Crippen LogP contribution in [-0.4, -0.2) is 33.5 Å². The summed E-state index contributed by atoms with van der Waals surface area (Å²) in [6.07, 6.45) is 0. The maximum atomic E-state index is 10.9. The van der Waals surface area contributed by atoms with Gasteiger partial charge in [-0.15, -0.1) is 0 Å². The van der Waals surface area contributed by atoms with Crippen LogP contribution >= 0.6 is 11.5 Å². The third-order valence-corrected chi connectivity index (χ3v) is 3.05. The van der Waals surface area contributed by atoms with Crippen LogP contribution in [0.25, 0.3) is 0 Å². The molecule has 1 N–H and O–H groups in total. The van der Waals surface area contributed by atoms with E-state index in [0.29, 0.717) is 17.6 Å². The molecule has 0 bridgehead atoms. The van der Waals surface area contributed by atoms with Crippen molar-refractivity contribution in [3.05, 3.63) is 5.82 Å². The predicted molar refractivity (Wildman–Crippen MR) is 73.3 cm³/mol. The molecular weight excluding hydrogens is 250 g/mol. The third-order valence-electron chi connectivity index (χ3n) is 2.27. The molecule has 5 nitrogen and oxygen atoms in total. The first kappa shape index (κ1) is 14.9. The highest BCUT2D eigenvalue weighted by molar-refractivity contribution is 7.09. The molecule has 1 aromatic heterocycles. The lowest BCUT2D eigenvalue weighted by Gasteiger charge is -2.21. The molecule has 18 heavy (non-hydrogen) atoms. The molecule has 6 heteroatoms. The van der Waals surface area contributed by atoms with Crippen molar-refractivity contribution in [2.45, 2.75) is 40.0 Å². The van der Waals surface area contributed by atoms with Crippen molar-refractivity contribution >= 4 is 22.6 Å². The summed E-state index contributed by atoms with van der Waals surface area (Å²) >= 11 is 1.27. The van der Waals surface area contributed by atoms with Crippen LogP contribution in [0.3, 0.4) is 0 Å². The van der Waals surface area contributed by atoms with Crippen molar-refractivity contribution in [2.24, 2.45) is 5.92 Å². The van der Waals surface area contributed by atoms with Gasteiger partial charge in [0, 0.05) is 23.5 Å². The van der Waals surface area contributed by atoms with Crippen molar-refractivity contribution < 1.29 is 9.90 Å². The molecular formula is C12H21N3O2S. The van der Waals surface area contributed by atoms with E-state index in [1.165, 1.54) is 11.5 Å². The van der Waals surface area contributed by atoms with E-state index in [1.54, 1.807) is 4.90 Å². The van der Waals surface area contributed by atoms with Crippen LogP contribution in [-0.2, 0) is 10.2 Å². The van der Waals surface area contributed by atoms with Crippen LogP contribution < -0.4 is 4.90 Å². The molecule has 0 amide bonds. The Morgan fingerprint density at radius 1 is 1.44 bits per heavy atom.